The molecule has 2 unspecified atom stereocenters. The molecule has 0 heterocycles. The molecule has 94 valence electrons. The van der Waals surface area contributed by atoms with Gasteiger partial charge in [0.2, 0.25) is 0 Å². The van der Waals surface area contributed by atoms with Crippen LogP contribution in [0, 0.1) is 5.92 Å². The van der Waals surface area contributed by atoms with Gasteiger partial charge in [0.1, 0.15) is 5.54 Å². The quantitative estimate of drug-likeness (QED) is 0.713. The van der Waals surface area contributed by atoms with Gasteiger partial charge in [-0.3, -0.25) is 4.79 Å². The maximum absolute atomic E-state index is 11.9. The van der Waals surface area contributed by atoms with Crippen molar-refractivity contribution in [3.8, 4) is 0 Å². The molecule has 0 aliphatic heterocycles. The van der Waals surface area contributed by atoms with E-state index in [4.69, 9.17) is 10.5 Å². The average molecular weight is 228 g/mol. The number of carbonyl (C=O) groups excluding carboxylic acids is 1. The van der Waals surface area contributed by atoms with Crippen molar-refractivity contribution < 1.29 is 9.53 Å². The van der Waals surface area contributed by atoms with Gasteiger partial charge in [-0.2, -0.15) is 0 Å². The van der Waals surface area contributed by atoms with Crippen LogP contribution >= 0.6 is 0 Å². The van der Waals surface area contributed by atoms with Gasteiger partial charge in [0.25, 0.3) is 0 Å². The fraction of sp³-hybridized carbons (Fsp3) is 0.917. The Balaban J connectivity index is 2.58. The lowest BCUT2D eigenvalue weighted by Crippen LogP contribution is -2.52. The summed E-state index contributed by atoms with van der Waals surface area (Å²) in [6.07, 6.45) is 3.82. The van der Waals surface area contributed by atoms with Gasteiger partial charge in [0, 0.05) is 0 Å². The van der Waals surface area contributed by atoms with E-state index in [9.17, 15) is 4.79 Å². The van der Waals surface area contributed by atoms with E-state index < -0.39 is 5.54 Å². The zero-order valence-corrected chi connectivity index (χ0v) is 10.7. The Morgan fingerprint density at radius 3 is 2.81 bits per heavy atom. The first-order valence-corrected chi connectivity index (χ1v) is 6.11. The van der Waals surface area contributed by atoms with E-state index in [0.29, 0.717) is 6.61 Å². The van der Waals surface area contributed by atoms with E-state index in [1.165, 1.54) is 0 Å². The Morgan fingerprint density at radius 2 is 2.25 bits per heavy atom. The van der Waals surface area contributed by atoms with Crippen LogP contribution in [-0.2, 0) is 9.53 Å². The maximum atomic E-state index is 11.9. The zero-order chi connectivity index (χ0) is 12.2. The normalized spacial score (nSPS) is 29.7. The fourth-order valence-corrected chi connectivity index (χ4v) is 2.45. The monoisotopic (exact) mass is 228 g/mol. The van der Waals surface area contributed by atoms with Crippen molar-refractivity contribution in [2.75, 3.05) is 27.2 Å². The predicted molar refractivity (Wildman–Crippen MR) is 64.1 cm³/mol. The average Bonchev–Trinajstić information content (AvgIpc) is 2.58. The molecule has 0 aromatic rings. The Bertz CT molecular complexity index is 243. The van der Waals surface area contributed by atoms with Crippen LogP contribution in [0.25, 0.3) is 0 Å². The van der Waals surface area contributed by atoms with Gasteiger partial charge in [-0.25, -0.2) is 0 Å². The topological polar surface area (TPSA) is 55.6 Å². The van der Waals surface area contributed by atoms with Gasteiger partial charge in [-0.1, -0.05) is 6.42 Å². The molecule has 4 nitrogen and oxygen atoms in total. The molecule has 4 heteroatoms. The van der Waals surface area contributed by atoms with Gasteiger partial charge in [-0.15, -0.1) is 0 Å². The molecule has 1 aliphatic rings. The number of hydrogen-bond donors (Lipinski definition) is 1. The van der Waals surface area contributed by atoms with Crippen molar-refractivity contribution in [1.29, 1.82) is 0 Å². The predicted octanol–water partition coefficient (Wildman–Crippen LogP) is 0.999. The summed E-state index contributed by atoms with van der Waals surface area (Å²) in [4.78, 5) is 14.0. The molecule has 0 amide bonds. The van der Waals surface area contributed by atoms with Crippen LogP contribution in [0.1, 0.15) is 32.6 Å². The van der Waals surface area contributed by atoms with E-state index in [1.54, 1.807) is 0 Å². The molecule has 1 rings (SSSR count). The number of esters is 1. The van der Waals surface area contributed by atoms with Crippen LogP contribution in [0.4, 0.5) is 0 Å². The van der Waals surface area contributed by atoms with E-state index in [-0.39, 0.29) is 11.9 Å². The van der Waals surface area contributed by atoms with Crippen LogP contribution in [0.2, 0.25) is 0 Å². The number of nitrogens with two attached hydrogens (primary N) is 1. The number of carbonyl (C=O) groups is 1. The molecule has 0 radical (unpaired) electrons. The molecule has 2 atom stereocenters. The molecule has 16 heavy (non-hydrogen) atoms. The highest BCUT2D eigenvalue weighted by atomic mass is 16.5. The third kappa shape index (κ3) is 2.95. The molecular formula is C12H24N2O2. The molecule has 1 saturated carbocycles. The van der Waals surface area contributed by atoms with Gasteiger partial charge < -0.3 is 15.4 Å². The third-order valence-electron chi connectivity index (χ3n) is 3.45. The lowest BCUT2D eigenvalue weighted by Gasteiger charge is -2.29. The molecule has 0 aromatic heterocycles. The first kappa shape index (κ1) is 13.5. The lowest BCUT2D eigenvalue weighted by atomic mass is 9.85. The molecule has 0 saturated heterocycles. The number of nitrogens with zero attached hydrogens (tertiary/aromatic N) is 1. The van der Waals surface area contributed by atoms with Crippen LogP contribution in [0.15, 0.2) is 0 Å². The fourth-order valence-electron chi connectivity index (χ4n) is 2.45. The smallest absolute Gasteiger partial charge is 0.326 e. The SMILES string of the molecule is CCOC(=O)C1(N)CCCC1CCN(C)C. The Kier molecular flexibility index (Phi) is 4.74. The summed E-state index contributed by atoms with van der Waals surface area (Å²) in [6.45, 7) is 3.21. The summed E-state index contributed by atoms with van der Waals surface area (Å²) < 4.78 is 5.09. The summed E-state index contributed by atoms with van der Waals surface area (Å²) in [5.74, 6) is 0.0604. The van der Waals surface area contributed by atoms with Crippen LogP contribution in [-0.4, -0.2) is 43.7 Å². The summed E-state index contributed by atoms with van der Waals surface area (Å²) in [7, 11) is 4.08. The van der Waals surface area contributed by atoms with Crippen LogP contribution in [0.3, 0.4) is 0 Å². The minimum Gasteiger partial charge on any atom is -0.465 e. The minimum atomic E-state index is -0.730. The largest absolute Gasteiger partial charge is 0.465 e. The second-order valence-corrected chi connectivity index (χ2v) is 4.94. The Labute approximate surface area is 98.1 Å². The van der Waals surface area contributed by atoms with Crippen molar-refractivity contribution >= 4 is 5.97 Å². The van der Waals surface area contributed by atoms with E-state index in [0.717, 1.165) is 32.2 Å². The van der Waals surface area contributed by atoms with Crippen molar-refractivity contribution in [1.82, 2.24) is 4.90 Å². The number of ether oxygens (including phenoxy) is 1. The van der Waals surface area contributed by atoms with Crippen molar-refractivity contribution in [2.45, 2.75) is 38.1 Å². The molecule has 2 N–H and O–H groups in total. The Hall–Kier alpha value is -0.610. The van der Waals surface area contributed by atoms with Crippen LogP contribution < -0.4 is 5.73 Å². The van der Waals surface area contributed by atoms with Gasteiger partial charge >= 0.3 is 5.97 Å². The highest BCUT2D eigenvalue weighted by Crippen LogP contribution is 2.37. The molecule has 0 aromatic carbocycles. The second kappa shape index (κ2) is 5.64. The number of hydrogen-bond acceptors (Lipinski definition) is 4. The summed E-state index contributed by atoms with van der Waals surface area (Å²) in [5, 5.41) is 0. The molecule has 1 fully saturated rings. The van der Waals surface area contributed by atoms with Gasteiger partial charge in [0.15, 0.2) is 0 Å². The van der Waals surface area contributed by atoms with Gasteiger partial charge in [0.05, 0.1) is 6.61 Å². The third-order valence-corrected chi connectivity index (χ3v) is 3.45. The van der Waals surface area contributed by atoms with E-state index >= 15 is 0 Å². The summed E-state index contributed by atoms with van der Waals surface area (Å²) in [5.41, 5.74) is 5.50. The highest BCUT2D eigenvalue weighted by molar-refractivity contribution is 5.81. The molecule has 1 aliphatic carbocycles. The van der Waals surface area contributed by atoms with Gasteiger partial charge in [-0.05, 0) is 52.7 Å². The van der Waals surface area contributed by atoms with Crippen LogP contribution in [0.5, 0.6) is 0 Å². The molecule has 0 bridgehead atoms. The first-order valence-electron chi connectivity index (χ1n) is 6.11. The second-order valence-electron chi connectivity index (χ2n) is 4.94. The minimum absolute atomic E-state index is 0.212. The maximum Gasteiger partial charge on any atom is 0.326 e. The van der Waals surface area contributed by atoms with Crippen molar-refractivity contribution in [3.05, 3.63) is 0 Å². The summed E-state index contributed by atoms with van der Waals surface area (Å²) in [6, 6.07) is 0. The van der Waals surface area contributed by atoms with Crippen molar-refractivity contribution in [3.63, 3.8) is 0 Å². The van der Waals surface area contributed by atoms with Crippen molar-refractivity contribution in [2.24, 2.45) is 11.7 Å². The van der Waals surface area contributed by atoms with E-state index in [1.807, 2.05) is 21.0 Å². The summed E-state index contributed by atoms with van der Waals surface area (Å²) >= 11 is 0. The first-order chi connectivity index (χ1) is 7.50. The lowest BCUT2D eigenvalue weighted by molar-refractivity contribution is -0.151. The zero-order valence-electron chi connectivity index (χ0n) is 10.7. The molecule has 0 spiro atoms. The highest BCUT2D eigenvalue weighted by Gasteiger charge is 2.46. The standard InChI is InChI=1S/C12H24N2O2/c1-4-16-11(15)12(13)8-5-6-10(12)7-9-14(2)3/h10H,4-9,13H2,1-3H3. The Morgan fingerprint density at radius 1 is 1.56 bits per heavy atom. The molecular weight excluding hydrogens is 204 g/mol. The van der Waals surface area contributed by atoms with E-state index in [2.05, 4.69) is 4.90 Å². The number of rotatable bonds is 5.